The lowest BCUT2D eigenvalue weighted by Crippen LogP contribution is -2.56. The van der Waals surface area contributed by atoms with Gasteiger partial charge in [0.1, 0.15) is 0 Å². The van der Waals surface area contributed by atoms with Gasteiger partial charge in [-0.3, -0.25) is 4.79 Å². The van der Waals surface area contributed by atoms with E-state index >= 15 is 0 Å². The zero-order valence-corrected chi connectivity index (χ0v) is 12.8. The maximum Gasteiger partial charge on any atom is 0.320 e. The molecule has 5 heteroatoms. The van der Waals surface area contributed by atoms with E-state index in [4.69, 9.17) is 5.11 Å². The van der Waals surface area contributed by atoms with Crippen LogP contribution < -0.4 is 0 Å². The predicted molar refractivity (Wildman–Crippen MR) is 76.5 cm³/mol. The Hall–Kier alpha value is -1.26. The Balaban J connectivity index is 1.75. The van der Waals surface area contributed by atoms with Crippen molar-refractivity contribution in [1.29, 1.82) is 0 Å². The number of likely N-dealkylation sites (tertiary alicyclic amines) is 2. The molecule has 0 spiro atoms. The van der Waals surface area contributed by atoms with E-state index in [0.29, 0.717) is 24.4 Å². The van der Waals surface area contributed by atoms with E-state index in [-0.39, 0.29) is 18.4 Å². The molecular weight excluding hydrogens is 256 g/mol. The van der Waals surface area contributed by atoms with Crippen molar-refractivity contribution >= 4 is 12.0 Å². The van der Waals surface area contributed by atoms with Crippen LogP contribution in [-0.4, -0.2) is 53.1 Å². The minimum Gasteiger partial charge on any atom is -0.481 e. The molecule has 0 aliphatic carbocycles. The van der Waals surface area contributed by atoms with Crippen LogP contribution in [0.4, 0.5) is 4.79 Å². The molecule has 0 saturated carbocycles. The molecule has 2 saturated heterocycles. The summed E-state index contributed by atoms with van der Waals surface area (Å²) in [6.45, 7) is 9.67. The molecule has 2 amide bonds. The van der Waals surface area contributed by atoms with Crippen molar-refractivity contribution in [3.8, 4) is 0 Å². The van der Waals surface area contributed by atoms with E-state index in [2.05, 4.69) is 20.8 Å². The number of rotatable bonds is 2. The van der Waals surface area contributed by atoms with E-state index in [9.17, 15) is 9.59 Å². The Kier molecular flexibility index (Phi) is 4.25. The van der Waals surface area contributed by atoms with Crippen molar-refractivity contribution in [3.05, 3.63) is 0 Å². The first-order chi connectivity index (χ1) is 9.27. The van der Waals surface area contributed by atoms with Gasteiger partial charge in [0.2, 0.25) is 0 Å². The van der Waals surface area contributed by atoms with Gasteiger partial charge in [-0.25, -0.2) is 4.79 Å². The summed E-state index contributed by atoms with van der Waals surface area (Å²) in [5.74, 6) is 0.0550. The largest absolute Gasteiger partial charge is 0.481 e. The molecule has 0 radical (unpaired) electrons. The lowest BCUT2D eigenvalue weighted by molar-refractivity contribution is -0.139. The molecule has 2 aliphatic heterocycles. The molecular formula is C15H26N2O3. The van der Waals surface area contributed by atoms with E-state index in [1.807, 2.05) is 4.90 Å². The third-order valence-electron chi connectivity index (χ3n) is 4.68. The van der Waals surface area contributed by atoms with E-state index in [0.717, 1.165) is 25.9 Å². The molecule has 2 heterocycles. The minimum atomic E-state index is -0.770. The fourth-order valence-electron chi connectivity index (χ4n) is 3.24. The molecule has 2 rings (SSSR count). The number of piperidine rings is 1. The maximum absolute atomic E-state index is 12.3. The second-order valence-electron chi connectivity index (χ2n) is 7.28. The Morgan fingerprint density at radius 1 is 1.10 bits per heavy atom. The average molecular weight is 282 g/mol. The monoisotopic (exact) mass is 282 g/mol. The Morgan fingerprint density at radius 3 is 2.10 bits per heavy atom. The number of hydrogen-bond donors (Lipinski definition) is 1. The Bertz CT molecular complexity index is 375. The van der Waals surface area contributed by atoms with E-state index in [1.165, 1.54) is 0 Å². The van der Waals surface area contributed by atoms with Crippen LogP contribution in [0.15, 0.2) is 0 Å². The molecule has 2 aliphatic rings. The van der Waals surface area contributed by atoms with Crippen LogP contribution in [0.5, 0.6) is 0 Å². The summed E-state index contributed by atoms with van der Waals surface area (Å²) in [6, 6.07) is 0.0963. The first-order valence-corrected chi connectivity index (χ1v) is 7.53. The third-order valence-corrected chi connectivity index (χ3v) is 4.68. The average Bonchev–Trinajstić information content (AvgIpc) is 2.31. The van der Waals surface area contributed by atoms with Gasteiger partial charge in [-0.15, -0.1) is 0 Å². The van der Waals surface area contributed by atoms with Gasteiger partial charge in [0.05, 0.1) is 6.42 Å². The number of carboxylic acid groups (broad SMARTS) is 1. The Morgan fingerprint density at radius 2 is 1.65 bits per heavy atom. The predicted octanol–water partition coefficient (Wildman–Crippen LogP) is 2.27. The summed E-state index contributed by atoms with van der Waals surface area (Å²) >= 11 is 0. The van der Waals surface area contributed by atoms with Crippen LogP contribution >= 0.6 is 0 Å². The van der Waals surface area contributed by atoms with Crippen LogP contribution in [0.25, 0.3) is 0 Å². The first kappa shape index (κ1) is 15.1. The molecule has 0 aromatic heterocycles. The van der Waals surface area contributed by atoms with E-state index in [1.54, 1.807) is 4.90 Å². The number of carbonyl (C=O) groups excluding carboxylic acids is 1. The van der Waals surface area contributed by atoms with Crippen LogP contribution in [0.1, 0.15) is 40.0 Å². The number of aliphatic carboxylic acids is 1. The zero-order valence-electron chi connectivity index (χ0n) is 12.8. The summed E-state index contributed by atoms with van der Waals surface area (Å²) < 4.78 is 0. The summed E-state index contributed by atoms with van der Waals surface area (Å²) in [5.41, 5.74) is 0.318. The maximum atomic E-state index is 12.3. The molecule has 20 heavy (non-hydrogen) atoms. The molecule has 5 nitrogen and oxygen atoms in total. The molecule has 0 atom stereocenters. The van der Waals surface area contributed by atoms with Crippen molar-refractivity contribution in [2.75, 3.05) is 26.2 Å². The topological polar surface area (TPSA) is 60.9 Å². The van der Waals surface area contributed by atoms with Gasteiger partial charge in [0.25, 0.3) is 0 Å². The van der Waals surface area contributed by atoms with Crippen molar-refractivity contribution in [2.45, 2.75) is 40.0 Å². The molecule has 2 fully saturated rings. The number of urea groups is 1. The number of amides is 2. The third kappa shape index (κ3) is 3.44. The van der Waals surface area contributed by atoms with Crippen molar-refractivity contribution in [1.82, 2.24) is 9.80 Å². The summed E-state index contributed by atoms with van der Waals surface area (Å²) in [7, 11) is 0. The van der Waals surface area contributed by atoms with Gasteiger partial charge < -0.3 is 14.9 Å². The Labute approximate surface area is 120 Å². The highest BCUT2D eigenvalue weighted by molar-refractivity contribution is 5.76. The van der Waals surface area contributed by atoms with Crippen molar-refractivity contribution in [2.24, 2.45) is 17.3 Å². The molecule has 114 valence electrons. The van der Waals surface area contributed by atoms with Gasteiger partial charge in [-0.05, 0) is 24.2 Å². The normalized spacial score (nSPS) is 21.8. The first-order valence-electron chi connectivity index (χ1n) is 7.53. The molecule has 0 bridgehead atoms. The van der Waals surface area contributed by atoms with Gasteiger partial charge >= 0.3 is 12.0 Å². The fraction of sp³-hybridized carbons (Fsp3) is 0.867. The fourth-order valence-corrected chi connectivity index (χ4v) is 3.24. The molecule has 1 N–H and O–H groups in total. The second kappa shape index (κ2) is 5.62. The lowest BCUT2D eigenvalue weighted by Gasteiger charge is -2.44. The quantitative estimate of drug-likeness (QED) is 0.845. The van der Waals surface area contributed by atoms with Gasteiger partial charge in [-0.1, -0.05) is 20.8 Å². The lowest BCUT2D eigenvalue weighted by atomic mass is 9.75. The van der Waals surface area contributed by atoms with Crippen LogP contribution in [-0.2, 0) is 4.79 Å². The van der Waals surface area contributed by atoms with Crippen LogP contribution in [0, 0.1) is 17.3 Å². The van der Waals surface area contributed by atoms with E-state index < -0.39 is 5.97 Å². The highest BCUT2D eigenvalue weighted by Gasteiger charge is 2.36. The number of carboxylic acids is 1. The van der Waals surface area contributed by atoms with Gasteiger partial charge in [-0.2, -0.15) is 0 Å². The minimum absolute atomic E-state index is 0.0963. The molecule has 0 unspecified atom stereocenters. The molecule has 0 aromatic rings. The van der Waals surface area contributed by atoms with Crippen LogP contribution in [0.3, 0.4) is 0 Å². The number of hydrogen-bond acceptors (Lipinski definition) is 2. The standard InChI is InChI=1S/C15H26N2O3/c1-15(2,3)12-4-6-16(7-5-12)14(20)17-9-11(10-17)8-13(18)19/h11-12H,4-10H2,1-3H3,(H,18,19). The molecule has 0 aromatic carbocycles. The zero-order chi connectivity index (χ0) is 14.9. The highest BCUT2D eigenvalue weighted by Crippen LogP contribution is 2.34. The second-order valence-corrected chi connectivity index (χ2v) is 7.28. The van der Waals surface area contributed by atoms with Crippen LogP contribution in [0.2, 0.25) is 0 Å². The summed E-state index contributed by atoms with van der Waals surface area (Å²) in [6.07, 6.45) is 2.32. The number of carbonyl (C=O) groups is 2. The number of nitrogens with zero attached hydrogens (tertiary/aromatic N) is 2. The summed E-state index contributed by atoms with van der Waals surface area (Å²) in [5, 5.41) is 8.71. The summed E-state index contributed by atoms with van der Waals surface area (Å²) in [4.78, 5) is 26.6. The van der Waals surface area contributed by atoms with Gasteiger partial charge in [0, 0.05) is 32.1 Å². The van der Waals surface area contributed by atoms with Gasteiger partial charge in [0.15, 0.2) is 0 Å². The van der Waals surface area contributed by atoms with Crippen molar-refractivity contribution in [3.63, 3.8) is 0 Å². The van der Waals surface area contributed by atoms with Crippen molar-refractivity contribution < 1.29 is 14.7 Å². The highest BCUT2D eigenvalue weighted by atomic mass is 16.4. The smallest absolute Gasteiger partial charge is 0.320 e. The SMILES string of the molecule is CC(C)(C)C1CCN(C(=O)N2CC(CC(=O)O)C2)CC1.